The second-order valence-electron chi connectivity index (χ2n) is 3.58. The zero-order chi connectivity index (χ0) is 15.7. The Hall–Kier alpha value is -2.76. The van der Waals surface area contributed by atoms with Crippen LogP contribution in [-0.2, 0) is 0 Å². The number of allylic oxidation sites excluding steroid dienone is 5. The Morgan fingerprint density at radius 2 is 2.14 bits per heavy atom. The molecule has 0 bridgehead atoms. The summed E-state index contributed by atoms with van der Waals surface area (Å²) in [7, 11) is 0. The Morgan fingerprint density at radius 3 is 2.71 bits per heavy atom. The van der Waals surface area contributed by atoms with Gasteiger partial charge < -0.3 is 10.2 Å². The Morgan fingerprint density at radius 1 is 1.38 bits per heavy atom. The number of nitrogens with zero attached hydrogens (tertiary/aromatic N) is 4. The molecule has 2 aromatic heterocycles. The minimum absolute atomic E-state index is 0.237. The molecule has 0 atom stereocenters. The number of nitrogens with two attached hydrogens (primary N) is 1. The van der Waals surface area contributed by atoms with E-state index in [1.165, 1.54) is 6.39 Å². The van der Waals surface area contributed by atoms with Crippen molar-refractivity contribution in [1.29, 1.82) is 0 Å². The average Bonchev–Trinajstić information content (AvgIpc) is 3.05. The summed E-state index contributed by atoms with van der Waals surface area (Å²) in [6, 6.07) is 0. The Balaban J connectivity index is 0.00000106. The lowest BCUT2D eigenvalue weighted by Crippen LogP contribution is -2.00. The first kappa shape index (κ1) is 16.3. The molecule has 0 aliphatic heterocycles. The van der Waals surface area contributed by atoms with Gasteiger partial charge in [0.05, 0.1) is 11.9 Å². The molecule has 2 aromatic rings. The van der Waals surface area contributed by atoms with E-state index in [1.54, 1.807) is 12.3 Å². The molecule has 0 aromatic carbocycles. The van der Waals surface area contributed by atoms with Gasteiger partial charge in [0.1, 0.15) is 0 Å². The fraction of sp³-hybridized carbons (Fsp3) is 0.200. The highest BCUT2D eigenvalue weighted by molar-refractivity contribution is 5.74. The molecular weight excluding hydrogens is 266 g/mol. The molecule has 2 N–H and O–H groups in total. The zero-order valence-electron chi connectivity index (χ0n) is 12.4. The Labute approximate surface area is 124 Å². The number of anilines is 1. The third kappa shape index (κ3) is 4.10. The minimum Gasteiger partial charge on any atom is -0.422 e. The summed E-state index contributed by atoms with van der Waals surface area (Å²) in [5.41, 5.74) is 7.59. The van der Waals surface area contributed by atoms with Crippen LogP contribution in [0.25, 0.3) is 17.2 Å². The van der Waals surface area contributed by atoms with E-state index in [2.05, 4.69) is 26.7 Å². The van der Waals surface area contributed by atoms with Crippen LogP contribution in [0.5, 0.6) is 0 Å². The van der Waals surface area contributed by atoms with Crippen LogP contribution in [-0.4, -0.2) is 20.2 Å². The molecule has 0 aliphatic rings. The number of hydrogen-bond donors (Lipinski definition) is 1. The molecule has 110 valence electrons. The molecule has 0 saturated heterocycles. The maximum Gasteiger partial charge on any atom is 0.269 e. The second-order valence-corrected chi connectivity index (χ2v) is 3.58. The average molecular weight is 285 g/mol. The van der Waals surface area contributed by atoms with Gasteiger partial charge in [0.25, 0.3) is 5.89 Å². The lowest BCUT2D eigenvalue weighted by atomic mass is 10.1. The van der Waals surface area contributed by atoms with Crippen molar-refractivity contribution in [3.05, 3.63) is 49.2 Å². The molecule has 0 spiro atoms. The van der Waals surface area contributed by atoms with E-state index in [-0.39, 0.29) is 11.7 Å². The number of hydrogen-bond acceptors (Lipinski definition) is 6. The summed E-state index contributed by atoms with van der Waals surface area (Å²) in [4.78, 5) is 8.47. The Kier molecular flexibility index (Phi) is 6.53. The molecular formula is C15H19N5O. The highest BCUT2D eigenvalue weighted by Crippen LogP contribution is 2.22. The highest BCUT2D eigenvalue weighted by atomic mass is 16.4. The molecule has 0 unspecified atom stereocenters. The fourth-order valence-corrected chi connectivity index (χ4v) is 1.43. The van der Waals surface area contributed by atoms with Crippen molar-refractivity contribution in [3.8, 4) is 11.6 Å². The monoisotopic (exact) mass is 285 g/mol. The van der Waals surface area contributed by atoms with Gasteiger partial charge in [0, 0.05) is 5.57 Å². The summed E-state index contributed by atoms with van der Waals surface area (Å²) in [6.45, 7) is 9.68. The van der Waals surface area contributed by atoms with Crippen LogP contribution in [0.4, 0.5) is 5.82 Å². The Bertz CT molecular complexity index is 630. The molecule has 6 nitrogen and oxygen atoms in total. The van der Waals surface area contributed by atoms with E-state index in [0.29, 0.717) is 11.4 Å². The van der Waals surface area contributed by atoms with Crippen LogP contribution >= 0.6 is 0 Å². The predicted molar refractivity (Wildman–Crippen MR) is 84.1 cm³/mol. The summed E-state index contributed by atoms with van der Waals surface area (Å²) >= 11 is 0. The number of rotatable bonds is 4. The first-order valence-electron chi connectivity index (χ1n) is 6.61. The van der Waals surface area contributed by atoms with Crippen molar-refractivity contribution in [2.75, 3.05) is 5.73 Å². The van der Waals surface area contributed by atoms with Crippen LogP contribution in [0, 0.1) is 0 Å². The van der Waals surface area contributed by atoms with Gasteiger partial charge in [-0.25, -0.2) is 9.97 Å². The quantitative estimate of drug-likeness (QED) is 0.867. The lowest BCUT2D eigenvalue weighted by molar-refractivity contribution is 0.566. The minimum atomic E-state index is 0.237. The maximum absolute atomic E-state index is 5.76. The third-order valence-electron chi connectivity index (χ3n) is 2.35. The summed E-state index contributed by atoms with van der Waals surface area (Å²) in [5, 5.41) is 7.38. The standard InChI is InChI=1S/C13H13N5O.C2H6/c1-3-5-6-9(4-2)10-7-15-12(14)11(17-10)13-18-16-8-19-13;1-2/h3-8H,2H2,1H3,(H2,14,15);1-2H3/b5-3-,9-6+;. The first-order valence-corrected chi connectivity index (χ1v) is 6.61. The van der Waals surface area contributed by atoms with Crippen molar-refractivity contribution in [2.45, 2.75) is 20.8 Å². The second kappa shape index (κ2) is 8.42. The van der Waals surface area contributed by atoms with Gasteiger partial charge in [-0.05, 0) is 6.92 Å². The lowest BCUT2D eigenvalue weighted by Gasteiger charge is -2.04. The third-order valence-corrected chi connectivity index (χ3v) is 2.35. The van der Waals surface area contributed by atoms with Crippen molar-refractivity contribution < 1.29 is 4.42 Å². The molecule has 0 fully saturated rings. The normalized spacial score (nSPS) is 11.1. The van der Waals surface area contributed by atoms with Crippen molar-refractivity contribution in [2.24, 2.45) is 0 Å². The van der Waals surface area contributed by atoms with Crippen LogP contribution in [0.2, 0.25) is 0 Å². The number of nitrogen functional groups attached to an aromatic ring is 1. The van der Waals surface area contributed by atoms with Crippen LogP contribution < -0.4 is 5.73 Å². The van der Waals surface area contributed by atoms with Gasteiger partial charge >= 0.3 is 0 Å². The van der Waals surface area contributed by atoms with Gasteiger partial charge in [-0.3, -0.25) is 0 Å². The number of aromatic nitrogens is 4. The zero-order valence-corrected chi connectivity index (χ0v) is 12.4. The SMILES string of the molecule is C=C/C(=C\C=C/C)c1cnc(N)c(-c2nnco2)n1.CC. The molecule has 21 heavy (non-hydrogen) atoms. The van der Waals surface area contributed by atoms with E-state index in [0.717, 1.165) is 5.57 Å². The topological polar surface area (TPSA) is 90.7 Å². The van der Waals surface area contributed by atoms with E-state index in [1.807, 2.05) is 39.0 Å². The first-order chi connectivity index (χ1) is 10.3. The molecule has 0 saturated carbocycles. The summed E-state index contributed by atoms with van der Waals surface area (Å²) < 4.78 is 5.09. The van der Waals surface area contributed by atoms with Crippen molar-refractivity contribution >= 4 is 11.4 Å². The van der Waals surface area contributed by atoms with E-state index in [4.69, 9.17) is 10.2 Å². The van der Waals surface area contributed by atoms with E-state index in [9.17, 15) is 0 Å². The van der Waals surface area contributed by atoms with Crippen LogP contribution in [0.15, 0.2) is 47.9 Å². The molecule has 0 radical (unpaired) electrons. The maximum atomic E-state index is 5.76. The molecule has 2 heterocycles. The largest absolute Gasteiger partial charge is 0.422 e. The molecule has 2 rings (SSSR count). The summed E-state index contributed by atoms with van der Waals surface area (Å²) in [5.74, 6) is 0.476. The van der Waals surface area contributed by atoms with Gasteiger partial charge in [-0.15, -0.1) is 10.2 Å². The van der Waals surface area contributed by atoms with Gasteiger partial charge in [0.15, 0.2) is 11.5 Å². The van der Waals surface area contributed by atoms with E-state index < -0.39 is 0 Å². The fourth-order valence-electron chi connectivity index (χ4n) is 1.43. The van der Waals surface area contributed by atoms with Crippen LogP contribution in [0.3, 0.4) is 0 Å². The van der Waals surface area contributed by atoms with Crippen molar-refractivity contribution in [3.63, 3.8) is 0 Å². The van der Waals surface area contributed by atoms with Gasteiger partial charge in [0.2, 0.25) is 6.39 Å². The van der Waals surface area contributed by atoms with E-state index >= 15 is 0 Å². The van der Waals surface area contributed by atoms with Gasteiger partial charge in [-0.1, -0.05) is 44.7 Å². The van der Waals surface area contributed by atoms with Gasteiger partial charge in [-0.2, -0.15) is 0 Å². The predicted octanol–water partition coefficient (Wildman–Crippen LogP) is 3.28. The van der Waals surface area contributed by atoms with Crippen molar-refractivity contribution in [1.82, 2.24) is 20.2 Å². The highest BCUT2D eigenvalue weighted by Gasteiger charge is 2.13. The molecule has 6 heteroatoms. The summed E-state index contributed by atoms with van der Waals surface area (Å²) in [6.07, 6.45) is 10.2. The molecule has 0 aliphatic carbocycles. The molecule has 0 amide bonds. The smallest absolute Gasteiger partial charge is 0.269 e. The van der Waals surface area contributed by atoms with Crippen LogP contribution in [0.1, 0.15) is 26.5 Å².